The maximum Gasteiger partial charge on any atom is 0.0534 e. The van der Waals surface area contributed by atoms with Gasteiger partial charge in [-0.2, -0.15) is 5.10 Å². The maximum atomic E-state index is 9.06. The van der Waals surface area contributed by atoms with Gasteiger partial charge in [-0.15, -0.1) is 0 Å². The van der Waals surface area contributed by atoms with Gasteiger partial charge in [-0.25, -0.2) is 0 Å². The van der Waals surface area contributed by atoms with E-state index in [2.05, 4.69) is 16.2 Å². The summed E-state index contributed by atoms with van der Waals surface area (Å²) in [5, 5.41) is 13.3. The van der Waals surface area contributed by atoms with Crippen LogP contribution in [0.4, 0.5) is 0 Å². The Balaban J connectivity index is 1.95. The molecule has 1 aromatic rings. The van der Waals surface area contributed by atoms with Crippen LogP contribution >= 0.6 is 0 Å². The number of aliphatic hydroxyl groups is 1. The average molecular weight is 223 g/mol. The largest absolute Gasteiger partial charge is 0.396 e. The van der Waals surface area contributed by atoms with E-state index in [1.54, 1.807) is 0 Å². The second-order valence-electron chi connectivity index (χ2n) is 4.65. The molecular formula is C12H21N3O. The van der Waals surface area contributed by atoms with Crippen LogP contribution in [0.3, 0.4) is 0 Å². The molecule has 1 atom stereocenters. The van der Waals surface area contributed by atoms with E-state index >= 15 is 0 Å². The molecule has 1 saturated heterocycles. The second kappa shape index (κ2) is 5.46. The van der Waals surface area contributed by atoms with E-state index in [-0.39, 0.29) is 0 Å². The van der Waals surface area contributed by atoms with E-state index < -0.39 is 0 Å². The molecule has 2 heterocycles. The molecule has 0 aliphatic carbocycles. The van der Waals surface area contributed by atoms with Gasteiger partial charge >= 0.3 is 0 Å². The summed E-state index contributed by atoms with van der Waals surface area (Å²) in [5.41, 5.74) is 1.27. The van der Waals surface area contributed by atoms with Crippen LogP contribution in [0.25, 0.3) is 0 Å². The molecule has 16 heavy (non-hydrogen) atoms. The Morgan fingerprint density at radius 1 is 1.50 bits per heavy atom. The molecule has 0 aromatic carbocycles. The molecule has 0 saturated carbocycles. The minimum absolute atomic E-state index is 0.300. The molecule has 0 spiro atoms. The van der Waals surface area contributed by atoms with Crippen molar-refractivity contribution in [2.24, 2.45) is 7.05 Å². The highest BCUT2D eigenvalue weighted by molar-refractivity contribution is 5.04. The zero-order chi connectivity index (χ0) is 11.4. The Labute approximate surface area is 96.9 Å². The van der Waals surface area contributed by atoms with Gasteiger partial charge in [0.05, 0.1) is 6.20 Å². The molecule has 2 rings (SSSR count). The molecule has 1 unspecified atom stereocenters. The van der Waals surface area contributed by atoms with Crippen molar-refractivity contribution in [2.45, 2.75) is 38.3 Å². The van der Waals surface area contributed by atoms with E-state index in [1.165, 1.54) is 24.8 Å². The Kier molecular flexibility index (Phi) is 3.96. The summed E-state index contributed by atoms with van der Waals surface area (Å²) in [7, 11) is 1.95. The van der Waals surface area contributed by atoms with Crippen LogP contribution in [-0.2, 0) is 13.6 Å². The molecule has 0 amide bonds. The van der Waals surface area contributed by atoms with Crippen LogP contribution < -0.4 is 0 Å². The topological polar surface area (TPSA) is 41.3 Å². The predicted molar refractivity (Wildman–Crippen MR) is 63.0 cm³/mol. The van der Waals surface area contributed by atoms with Crippen molar-refractivity contribution < 1.29 is 5.11 Å². The molecule has 4 nitrogen and oxygen atoms in total. The van der Waals surface area contributed by atoms with Gasteiger partial charge in [-0.3, -0.25) is 9.58 Å². The quantitative estimate of drug-likeness (QED) is 0.832. The number of hydrogen-bond acceptors (Lipinski definition) is 3. The van der Waals surface area contributed by atoms with Crippen LogP contribution in [0.5, 0.6) is 0 Å². The number of rotatable bonds is 4. The van der Waals surface area contributed by atoms with Gasteiger partial charge in [0, 0.05) is 38.0 Å². The van der Waals surface area contributed by atoms with E-state index in [4.69, 9.17) is 5.11 Å². The van der Waals surface area contributed by atoms with Crippen molar-refractivity contribution in [1.82, 2.24) is 14.7 Å². The van der Waals surface area contributed by atoms with Gasteiger partial charge in [0.15, 0.2) is 0 Å². The lowest BCUT2D eigenvalue weighted by Crippen LogP contribution is -2.39. The highest BCUT2D eigenvalue weighted by Crippen LogP contribution is 2.21. The average Bonchev–Trinajstić information content (AvgIpc) is 2.67. The predicted octanol–water partition coefficient (Wildman–Crippen LogP) is 1.16. The molecule has 1 aliphatic rings. The Hall–Kier alpha value is -0.870. The van der Waals surface area contributed by atoms with Gasteiger partial charge in [-0.05, 0) is 25.8 Å². The zero-order valence-electron chi connectivity index (χ0n) is 9.97. The SMILES string of the molecule is Cn1cc(CN2CCCCC2CCO)cn1. The van der Waals surface area contributed by atoms with Gasteiger partial charge in [0.25, 0.3) is 0 Å². The van der Waals surface area contributed by atoms with E-state index in [0.717, 1.165) is 19.5 Å². The van der Waals surface area contributed by atoms with Gasteiger partial charge in [0.1, 0.15) is 0 Å². The molecule has 0 bridgehead atoms. The second-order valence-corrected chi connectivity index (χ2v) is 4.65. The summed E-state index contributed by atoms with van der Waals surface area (Å²) in [6, 6.07) is 0.555. The van der Waals surface area contributed by atoms with Gasteiger partial charge < -0.3 is 5.11 Å². The van der Waals surface area contributed by atoms with Crippen molar-refractivity contribution in [3.8, 4) is 0 Å². The summed E-state index contributed by atoms with van der Waals surface area (Å²) < 4.78 is 1.85. The normalized spacial score (nSPS) is 22.5. The highest BCUT2D eigenvalue weighted by Gasteiger charge is 2.21. The molecule has 1 N–H and O–H groups in total. The summed E-state index contributed by atoms with van der Waals surface area (Å²) >= 11 is 0. The number of hydrogen-bond donors (Lipinski definition) is 1. The molecule has 4 heteroatoms. The number of likely N-dealkylation sites (tertiary alicyclic amines) is 1. The fourth-order valence-electron chi connectivity index (χ4n) is 2.53. The van der Waals surface area contributed by atoms with Gasteiger partial charge in [0.2, 0.25) is 0 Å². The first-order valence-electron chi connectivity index (χ1n) is 6.12. The first kappa shape index (κ1) is 11.6. The Morgan fingerprint density at radius 3 is 3.06 bits per heavy atom. The summed E-state index contributed by atoms with van der Waals surface area (Å²) in [6.07, 6.45) is 8.71. The van der Waals surface area contributed by atoms with Crippen molar-refractivity contribution >= 4 is 0 Å². The number of aryl methyl sites for hydroxylation is 1. The highest BCUT2D eigenvalue weighted by atomic mass is 16.3. The first-order chi connectivity index (χ1) is 7.79. The lowest BCUT2D eigenvalue weighted by atomic mass is 9.99. The monoisotopic (exact) mass is 223 g/mol. The third kappa shape index (κ3) is 2.83. The van der Waals surface area contributed by atoms with Crippen molar-refractivity contribution in [2.75, 3.05) is 13.2 Å². The molecular weight excluding hydrogens is 202 g/mol. The van der Waals surface area contributed by atoms with Crippen molar-refractivity contribution in [3.05, 3.63) is 18.0 Å². The van der Waals surface area contributed by atoms with E-state index in [9.17, 15) is 0 Å². The first-order valence-corrected chi connectivity index (χ1v) is 6.12. The molecule has 1 aliphatic heterocycles. The third-order valence-electron chi connectivity index (χ3n) is 3.36. The van der Waals surface area contributed by atoms with Gasteiger partial charge in [-0.1, -0.05) is 6.42 Å². The van der Waals surface area contributed by atoms with Crippen LogP contribution in [0.2, 0.25) is 0 Å². The summed E-state index contributed by atoms with van der Waals surface area (Å²) in [4.78, 5) is 2.48. The molecule has 1 fully saturated rings. The van der Waals surface area contributed by atoms with Crippen LogP contribution in [0, 0.1) is 0 Å². The molecule has 0 radical (unpaired) electrons. The van der Waals surface area contributed by atoms with E-state index in [0.29, 0.717) is 12.6 Å². The molecule has 1 aromatic heterocycles. The standard InChI is InChI=1S/C12H21N3O/c1-14-9-11(8-13-14)10-15-6-3-2-4-12(15)5-7-16/h8-9,12,16H,2-7,10H2,1H3. The number of aliphatic hydroxyl groups excluding tert-OH is 1. The van der Waals surface area contributed by atoms with Crippen LogP contribution in [0.1, 0.15) is 31.2 Å². The fourth-order valence-corrected chi connectivity index (χ4v) is 2.53. The minimum Gasteiger partial charge on any atom is -0.396 e. The lowest BCUT2D eigenvalue weighted by Gasteiger charge is -2.35. The maximum absolute atomic E-state index is 9.06. The molecule has 90 valence electrons. The third-order valence-corrected chi connectivity index (χ3v) is 3.36. The summed E-state index contributed by atoms with van der Waals surface area (Å²) in [5.74, 6) is 0. The Bertz CT molecular complexity index is 322. The van der Waals surface area contributed by atoms with Crippen LogP contribution in [0.15, 0.2) is 12.4 Å². The van der Waals surface area contributed by atoms with E-state index in [1.807, 2.05) is 17.9 Å². The number of aromatic nitrogens is 2. The smallest absolute Gasteiger partial charge is 0.0534 e. The van der Waals surface area contributed by atoms with Crippen molar-refractivity contribution in [1.29, 1.82) is 0 Å². The summed E-state index contributed by atoms with van der Waals surface area (Å²) in [6.45, 7) is 2.42. The fraction of sp³-hybridized carbons (Fsp3) is 0.750. The number of nitrogens with zero attached hydrogens (tertiary/aromatic N) is 3. The minimum atomic E-state index is 0.300. The zero-order valence-corrected chi connectivity index (χ0v) is 9.97. The van der Waals surface area contributed by atoms with Crippen molar-refractivity contribution in [3.63, 3.8) is 0 Å². The number of piperidine rings is 1. The lowest BCUT2D eigenvalue weighted by molar-refractivity contribution is 0.112. The Morgan fingerprint density at radius 2 is 2.38 bits per heavy atom. The van der Waals surface area contributed by atoms with Crippen LogP contribution in [-0.4, -0.2) is 39.0 Å².